The standard InChI is InChI=1S/C12H18N4O4/c1-15(7-10-3-2-4-20-10)12(19)14-9-5-13-16(6-9)8-11(17)18/h5-6,10H,2-4,7-8H2,1H3,(H,14,19)(H,17,18). The molecule has 110 valence electrons. The van der Waals surface area contributed by atoms with E-state index in [1.54, 1.807) is 11.9 Å². The van der Waals surface area contributed by atoms with Gasteiger partial charge in [-0.15, -0.1) is 0 Å². The van der Waals surface area contributed by atoms with Crippen molar-refractivity contribution in [2.45, 2.75) is 25.5 Å². The van der Waals surface area contributed by atoms with Gasteiger partial charge in [-0.05, 0) is 12.8 Å². The van der Waals surface area contributed by atoms with Crippen LogP contribution in [0.3, 0.4) is 0 Å². The van der Waals surface area contributed by atoms with Crippen LogP contribution in [-0.4, -0.2) is 58.1 Å². The first kappa shape index (κ1) is 14.3. The molecule has 0 aliphatic carbocycles. The average molecular weight is 282 g/mol. The Bertz CT molecular complexity index is 482. The summed E-state index contributed by atoms with van der Waals surface area (Å²) < 4.78 is 6.72. The van der Waals surface area contributed by atoms with E-state index in [4.69, 9.17) is 9.84 Å². The third kappa shape index (κ3) is 3.95. The normalized spacial score (nSPS) is 17.9. The number of hydrogen-bond donors (Lipinski definition) is 2. The lowest BCUT2D eigenvalue weighted by Gasteiger charge is -2.20. The Balaban J connectivity index is 1.83. The maximum Gasteiger partial charge on any atom is 0.325 e. The summed E-state index contributed by atoms with van der Waals surface area (Å²) in [6, 6.07) is -0.268. The van der Waals surface area contributed by atoms with Crippen molar-refractivity contribution < 1.29 is 19.4 Å². The first-order chi connectivity index (χ1) is 9.54. The monoisotopic (exact) mass is 282 g/mol. The summed E-state index contributed by atoms with van der Waals surface area (Å²) in [4.78, 5) is 24.0. The van der Waals surface area contributed by atoms with Gasteiger partial charge in [-0.1, -0.05) is 0 Å². The van der Waals surface area contributed by atoms with Crippen molar-refractivity contribution in [2.24, 2.45) is 0 Å². The van der Waals surface area contributed by atoms with Crippen molar-refractivity contribution in [3.63, 3.8) is 0 Å². The molecule has 8 heteroatoms. The topological polar surface area (TPSA) is 96.7 Å². The van der Waals surface area contributed by atoms with Crippen molar-refractivity contribution in [1.82, 2.24) is 14.7 Å². The molecule has 2 heterocycles. The number of carboxylic acid groups (broad SMARTS) is 1. The fourth-order valence-corrected chi connectivity index (χ4v) is 2.05. The number of nitrogens with one attached hydrogen (secondary N) is 1. The third-order valence-corrected chi connectivity index (χ3v) is 3.03. The molecule has 2 amide bonds. The molecule has 2 N–H and O–H groups in total. The molecule has 1 saturated heterocycles. The minimum atomic E-state index is -0.985. The highest BCUT2D eigenvalue weighted by molar-refractivity contribution is 5.88. The van der Waals surface area contributed by atoms with Crippen LogP contribution in [0.15, 0.2) is 12.4 Å². The van der Waals surface area contributed by atoms with E-state index in [9.17, 15) is 9.59 Å². The van der Waals surface area contributed by atoms with E-state index in [2.05, 4.69) is 10.4 Å². The second-order valence-corrected chi connectivity index (χ2v) is 4.77. The summed E-state index contributed by atoms with van der Waals surface area (Å²) in [6.45, 7) is 1.05. The first-order valence-corrected chi connectivity index (χ1v) is 6.42. The zero-order valence-electron chi connectivity index (χ0n) is 11.3. The number of ether oxygens (including phenoxy) is 1. The third-order valence-electron chi connectivity index (χ3n) is 3.03. The lowest BCUT2D eigenvalue weighted by atomic mass is 10.2. The molecule has 1 aliphatic rings. The Kier molecular flexibility index (Phi) is 4.57. The van der Waals surface area contributed by atoms with Gasteiger partial charge in [-0.25, -0.2) is 4.79 Å². The number of carbonyl (C=O) groups excluding carboxylic acids is 1. The van der Waals surface area contributed by atoms with Crippen LogP contribution in [-0.2, 0) is 16.1 Å². The molecule has 1 atom stereocenters. The van der Waals surface area contributed by atoms with Gasteiger partial charge in [0.05, 0.1) is 18.0 Å². The fraction of sp³-hybridized carbons (Fsp3) is 0.583. The van der Waals surface area contributed by atoms with E-state index in [0.29, 0.717) is 12.2 Å². The largest absolute Gasteiger partial charge is 0.480 e. The van der Waals surface area contributed by atoms with Gasteiger partial charge in [0, 0.05) is 26.4 Å². The SMILES string of the molecule is CN(CC1CCCO1)C(=O)Nc1cnn(CC(=O)O)c1. The van der Waals surface area contributed by atoms with Crippen molar-refractivity contribution in [2.75, 3.05) is 25.5 Å². The predicted octanol–water partition coefficient (Wildman–Crippen LogP) is 0.610. The zero-order valence-corrected chi connectivity index (χ0v) is 11.3. The van der Waals surface area contributed by atoms with Crippen molar-refractivity contribution >= 4 is 17.7 Å². The average Bonchev–Trinajstić information content (AvgIpc) is 3.00. The summed E-state index contributed by atoms with van der Waals surface area (Å²) >= 11 is 0. The van der Waals surface area contributed by atoms with E-state index >= 15 is 0 Å². The molecule has 0 aromatic carbocycles. The molecule has 1 unspecified atom stereocenters. The van der Waals surface area contributed by atoms with Gasteiger partial charge in [0.1, 0.15) is 6.54 Å². The molecule has 0 spiro atoms. The number of urea groups is 1. The lowest BCUT2D eigenvalue weighted by Crippen LogP contribution is -2.37. The Hall–Kier alpha value is -2.09. The molecular weight excluding hydrogens is 264 g/mol. The maximum absolute atomic E-state index is 11.9. The van der Waals surface area contributed by atoms with Crippen LogP contribution in [0.5, 0.6) is 0 Å². The molecule has 0 saturated carbocycles. The summed E-state index contributed by atoms with van der Waals surface area (Å²) in [5.74, 6) is -0.985. The summed E-state index contributed by atoms with van der Waals surface area (Å²) in [5, 5.41) is 15.1. The number of nitrogens with zero attached hydrogens (tertiary/aromatic N) is 3. The molecular formula is C12H18N4O4. The van der Waals surface area contributed by atoms with Crippen LogP contribution < -0.4 is 5.32 Å². The molecule has 2 rings (SSSR count). The molecule has 1 aliphatic heterocycles. The van der Waals surface area contributed by atoms with Crippen LogP contribution in [0, 0.1) is 0 Å². The van der Waals surface area contributed by atoms with Crippen LogP contribution in [0.25, 0.3) is 0 Å². The molecule has 8 nitrogen and oxygen atoms in total. The van der Waals surface area contributed by atoms with E-state index in [1.165, 1.54) is 17.1 Å². The Morgan fingerprint density at radius 3 is 3.10 bits per heavy atom. The highest BCUT2D eigenvalue weighted by atomic mass is 16.5. The van der Waals surface area contributed by atoms with Gasteiger partial charge in [0.15, 0.2) is 0 Å². The quantitative estimate of drug-likeness (QED) is 0.824. The summed E-state index contributed by atoms with van der Waals surface area (Å²) in [7, 11) is 1.69. The number of rotatable bonds is 5. The number of anilines is 1. The molecule has 1 aromatic rings. The van der Waals surface area contributed by atoms with Gasteiger partial charge in [0.25, 0.3) is 0 Å². The van der Waals surface area contributed by atoms with Gasteiger partial charge < -0.3 is 20.1 Å². The Morgan fingerprint density at radius 2 is 2.45 bits per heavy atom. The van der Waals surface area contributed by atoms with Crippen molar-refractivity contribution in [1.29, 1.82) is 0 Å². The molecule has 1 aromatic heterocycles. The van der Waals surface area contributed by atoms with E-state index in [1.807, 2.05) is 0 Å². The predicted molar refractivity (Wildman–Crippen MR) is 70.5 cm³/mol. The second-order valence-electron chi connectivity index (χ2n) is 4.77. The number of carboxylic acids is 1. The maximum atomic E-state index is 11.9. The van der Waals surface area contributed by atoms with Crippen LogP contribution >= 0.6 is 0 Å². The van der Waals surface area contributed by atoms with E-state index in [0.717, 1.165) is 19.4 Å². The van der Waals surface area contributed by atoms with Crippen molar-refractivity contribution in [3.05, 3.63) is 12.4 Å². The van der Waals surface area contributed by atoms with E-state index < -0.39 is 5.97 Å². The smallest absolute Gasteiger partial charge is 0.325 e. The summed E-state index contributed by atoms with van der Waals surface area (Å²) in [5.41, 5.74) is 0.468. The molecule has 1 fully saturated rings. The number of amides is 2. The zero-order chi connectivity index (χ0) is 14.5. The minimum absolute atomic E-state index is 0.0977. The Labute approximate surface area is 116 Å². The molecule has 20 heavy (non-hydrogen) atoms. The first-order valence-electron chi connectivity index (χ1n) is 6.42. The Morgan fingerprint density at radius 1 is 1.65 bits per heavy atom. The second kappa shape index (κ2) is 6.38. The highest BCUT2D eigenvalue weighted by Gasteiger charge is 2.20. The number of likely N-dealkylation sites (N-methyl/N-ethyl adjacent to an activating group) is 1. The van der Waals surface area contributed by atoms with Gasteiger partial charge >= 0.3 is 12.0 Å². The number of aromatic nitrogens is 2. The number of aliphatic carboxylic acids is 1. The van der Waals surface area contributed by atoms with E-state index in [-0.39, 0.29) is 18.7 Å². The number of hydrogen-bond acceptors (Lipinski definition) is 4. The lowest BCUT2D eigenvalue weighted by molar-refractivity contribution is -0.137. The van der Waals surface area contributed by atoms with Crippen LogP contribution in [0.4, 0.5) is 10.5 Å². The van der Waals surface area contributed by atoms with Gasteiger partial charge in [0.2, 0.25) is 0 Å². The van der Waals surface area contributed by atoms with Gasteiger partial charge in [-0.2, -0.15) is 5.10 Å². The van der Waals surface area contributed by atoms with Crippen LogP contribution in [0.1, 0.15) is 12.8 Å². The van der Waals surface area contributed by atoms with Crippen molar-refractivity contribution in [3.8, 4) is 0 Å². The highest BCUT2D eigenvalue weighted by Crippen LogP contribution is 2.13. The molecule has 0 radical (unpaired) electrons. The van der Waals surface area contributed by atoms with Crippen LogP contribution in [0.2, 0.25) is 0 Å². The fourth-order valence-electron chi connectivity index (χ4n) is 2.05. The van der Waals surface area contributed by atoms with Gasteiger partial charge in [-0.3, -0.25) is 9.48 Å². The minimum Gasteiger partial charge on any atom is -0.480 e. The summed E-state index contributed by atoms with van der Waals surface area (Å²) in [6.07, 6.45) is 4.99. The molecule has 0 bridgehead atoms. The number of carbonyl (C=O) groups is 2.